The molecule has 0 saturated heterocycles. The number of hydrogen-bond donors (Lipinski definition) is 0. The Balaban J connectivity index is 0.736. The van der Waals surface area contributed by atoms with Gasteiger partial charge in [-0.1, -0.05) is 208 Å². The summed E-state index contributed by atoms with van der Waals surface area (Å²) in [4.78, 5) is 11.1. The number of carbonyl (C=O) groups is 1. The van der Waals surface area contributed by atoms with Crippen molar-refractivity contribution in [1.29, 1.82) is 0 Å². The number of unbranched alkanes of at least 4 members (excludes halogenated alkanes) is 19. The molecule has 0 bridgehead atoms. The maximum atomic E-state index is 11.1. The van der Waals surface area contributed by atoms with E-state index in [1.54, 1.807) is 5.56 Å². The number of nitrogens with zero attached hydrogens (tertiary/aromatic N) is 4. The van der Waals surface area contributed by atoms with E-state index < -0.39 is 0 Å². The molecular weight excluding hydrogens is 893 g/mol. The zero-order chi connectivity index (χ0) is 50.8. The lowest BCUT2D eigenvalue weighted by Gasteiger charge is -2.29. The van der Waals surface area contributed by atoms with E-state index in [4.69, 9.17) is 4.74 Å². The predicted molar refractivity (Wildman–Crippen MR) is 308 cm³/mol. The molecule has 0 heterocycles. The van der Waals surface area contributed by atoms with Crippen molar-refractivity contribution < 1.29 is 9.53 Å². The molecule has 1 aliphatic rings. The highest BCUT2D eigenvalue weighted by Crippen LogP contribution is 2.38. The van der Waals surface area contributed by atoms with Crippen LogP contribution in [0.4, 0.5) is 22.7 Å². The van der Waals surface area contributed by atoms with E-state index >= 15 is 0 Å². The van der Waals surface area contributed by atoms with Gasteiger partial charge in [-0.25, -0.2) is 4.79 Å². The third-order valence-corrected chi connectivity index (χ3v) is 15.2. The average Bonchev–Trinajstić information content (AvgIpc) is 3.44. The maximum Gasteiger partial charge on any atom is 0.330 e. The molecule has 0 radical (unpaired) electrons. The quantitative estimate of drug-likeness (QED) is 0.0174. The molecule has 0 atom stereocenters. The summed E-state index contributed by atoms with van der Waals surface area (Å²) in [5.74, 6) is 1.36. The van der Waals surface area contributed by atoms with Crippen LogP contribution < -0.4 is 0 Å². The van der Waals surface area contributed by atoms with Gasteiger partial charge >= 0.3 is 5.97 Å². The summed E-state index contributed by atoms with van der Waals surface area (Å²) in [5, 5.41) is 17.7. The van der Waals surface area contributed by atoms with Gasteiger partial charge in [0.1, 0.15) is 0 Å². The van der Waals surface area contributed by atoms with E-state index in [-0.39, 0.29) is 5.97 Å². The van der Waals surface area contributed by atoms with Crippen LogP contribution in [0.5, 0.6) is 0 Å². The van der Waals surface area contributed by atoms with Crippen molar-refractivity contribution in [2.45, 2.75) is 205 Å². The van der Waals surface area contributed by atoms with Gasteiger partial charge in [-0.05, 0) is 164 Å². The largest absolute Gasteiger partial charge is 0.463 e. The van der Waals surface area contributed by atoms with Crippen molar-refractivity contribution in [1.82, 2.24) is 0 Å². The third kappa shape index (κ3) is 23.1. The van der Waals surface area contributed by atoms with E-state index in [1.807, 2.05) is 36.4 Å². The van der Waals surface area contributed by atoms with Crippen molar-refractivity contribution in [3.8, 4) is 11.1 Å². The summed E-state index contributed by atoms with van der Waals surface area (Å²) in [7, 11) is 0. The summed E-state index contributed by atoms with van der Waals surface area (Å²) < 4.78 is 5.05. The number of benzene rings is 5. The lowest BCUT2D eigenvalue weighted by molar-refractivity contribution is -0.137. The van der Waals surface area contributed by atoms with Gasteiger partial charge in [-0.2, -0.15) is 20.5 Å². The van der Waals surface area contributed by atoms with E-state index in [9.17, 15) is 4.79 Å². The SMILES string of the molecule is C=CC(=O)OCCCCCCCCCCCCC1CCC(c2ccc(-c3ccc(CCCCCCCCCCc4ccc(N=Nc5ccc(N=Nc6ccc(CCCCCC)cc6)cc5)cc4)cc3)cc2)CC1. The van der Waals surface area contributed by atoms with E-state index in [0.29, 0.717) is 6.61 Å². The number of esters is 1. The molecule has 1 fully saturated rings. The Morgan fingerprint density at radius 3 is 1.19 bits per heavy atom. The molecule has 0 N–H and O–H groups in total. The fourth-order valence-electron chi connectivity index (χ4n) is 10.5. The second-order valence-corrected chi connectivity index (χ2v) is 21.1. The van der Waals surface area contributed by atoms with Crippen LogP contribution in [-0.2, 0) is 28.8 Å². The van der Waals surface area contributed by atoms with Crippen LogP contribution in [-0.4, -0.2) is 12.6 Å². The minimum atomic E-state index is -0.306. The number of hydrogen-bond acceptors (Lipinski definition) is 6. The van der Waals surface area contributed by atoms with Crippen LogP contribution in [0.2, 0.25) is 0 Å². The van der Waals surface area contributed by atoms with Crippen LogP contribution in [0.15, 0.2) is 154 Å². The van der Waals surface area contributed by atoms with Gasteiger partial charge in [0.2, 0.25) is 0 Å². The van der Waals surface area contributed by atoms with Crippen molar-refractivity contribution >= 4 is 28.7 Å². The Labute approximate surface area is 442 Å². The first-order chi connectivity index (χ1) is 36.0. The van der Waals surface area contributed by atoms with Crippen molar-refractivity contribution in [3.63, 3.8) is 0 Å². The molecule has 1 aliphatic carbocycles. The topological polar surface area (TPSA) is 75.7 Å². The van der Waals surface area contributed by atoms with Crippen LogP contribution in [0.25, 0.3) is 11.1 Å². The van der Waals surface area contributed by atoms with Crippen LogP contribution in [0.3, 0.4) is 0 Å². The summed E-state index contributed by atoms with van der Waals surface area (Å²) in [6.45, 7) is 6.21. The highest BCUT2D eigenvalue weighted by Gasteiger charge is 2.22. The van der Waals surface area contributed by atoms with Gasteiger partial charge in [-0.3, -0.25) is 0 Å². The zero-order valence-electron chi connectivity index (χ0n) is 45.0. The Morgan fingerprint density at radius 2 is 0.781 bits per heavy atom. The molecule has 0 spiro atoms. The average molecular weight is 983 g/mol. The lowest BCUT2D eigenvalue weighted by Crippen LogP contribution is -2.13. The standard InChI is InChI=1S/C67H90N4O2/c1-3-5-6-21-26-57-34-46-63(47-35-57)68-70-65-50-52-66(53-51-65)71-69-64-48-36-58(37-49-64)29-24-19-15-11-10-14-18-23-28-56-32-40-60(41-33-56)62-44-42-61(43-45-62)59-38-30-55(31-39-59)27-22-17-13-9-7-8-12-16-20-25-54-73-67(72)4-2/h4,32-37,40-53,55,59H,2-3,5-31,38-39,54H2,1H3. The molecule has 0 aliphatic heterocycles. The smallest absolute Gasteiger partial charge is 0.330 e. The molecule has 73 heavy (non-hydrogen) atoms. The van der Waals surface area contributed by atoms with Gasteiger partial charge in [0, 0.05) is 6.08 Å². The molecule has 1 saturated carbocycles. The molecule has 0 unspecified atom stereocenters. The first-order valence-electron chi connectivity index (χ1n) is 29.1. The minimum absolute atomic E-state index is 0.306. The Morgan fingerprint density at radius 1 is 0.438 bits per heavy atom. The normalized spacial score (nSPS) is 14.8. The van der Waals surface area contributed by atoms with Crippen molar-refractivity contribution in [2.24, 2.45) is 26.4 Å². The monoisotopic (exact) mass is 983 g/mol. The first kappa shape index (κ1) is 56.8. The highest BCUT2D eigenvalue weighted by atomic mass is 16.5. The van der Waals surface area contributed by atoms with Gasteiger partial charge in [-0.15, -0.1) is 0 Å². The van der Waals surface area contributed by atoms with E-state index in [0.717, 1.165) is 60.3 Å². The number of ether oxygens (including phenoxy) is 1. The summed E-state index contributed by atoms with van der Waals surface area (Å²) in [6.07, 6.45) is 40.2. The minimum Gasteiger partial charge on any atom is -0.463 e. The number of carbonyl (C=O) groups excluding carboxylic acids is 1. The van der Waals surface area contributed by atoms with Crippen LogP contribution in [0, 0.1) is 5.92 Å². The van der Waals surface area contributed by atoms with Crippen molar-refractivity contribution in [2.75, 3.05) is 6.61 Å². The van der Waals surface area contributed by atoms with E-state index in [2.05, 4.69) is 119 Å². The van der Waals surface area contributed by atoms with Crippen LogP contribution in [0.1, 0.15) is 208 Å². The number of rotatable bonds is 36. The van der Waals surface area contributed by atoms with Crippen molar-refractivity contribution in [3.05, 3.63) is 156 Å². The first-order valence-corrected chi connectivity index (χ1v) is 29.1. The molecule has 5 aromatic carbocycles. The molecule has 6 nitrogen and oxygen atoms in total. The van der Waals surface area contributed by atoms with Gasteiger partial charge in [0.05, 0.1) is 29.4 Å². The summed E-state index contributed by atoms with van der Waals surface area (Å²) in [6, 6.07) is 43.6. The molecule has 0 amide bonds. The van der Waals surface area contributed by atoms with Gasteiger partial charge in [0.25, 0.3) is 0 Å². The second kappa shape index (κ2) is 34.8. The van der Waals surface area contributed by atoms with E-state index in [1.165, 1.54) is 201 Å². The molecule has 5 aromatic rings. The predicted octanol–water partition coefficient (Wildman–Crippen LogP) is 21.5. The number of azo groups is 2. The Hall–Kier alpha value is -5.49. The zero-order valence-corrected chi connectivity index (χ0v) is 45.0. The Bertz CT molecular complexity index is 2290. The Kier molecular flexibility index (Phi) is 27.1. The summed E-state index contributed by atoms with van der Waals surface area (Å²) >= 11 is 0. The fourth-order valence-corrected chi connectivity index (χ4v) is 10.5. The molecule has 0 aromatic heterocycles. The molecule has 6 heteroatoms. The van der Waals surface area contributed by atoms with Gasteiger partial charge in [0.15, 0.2) is 0 Å². The van der Waals surface area contributed by atoms with Gasteiger partial charge < -0.3 is 4.74 Å². The lowest BCUT2D eigenvalue weighted by atomic mass is 9.77. The maximum absolute atomic E-state index is 11.1. The summed E-state index contributed by atoms with van der Waals surface area (Å²) in [5.41, 5.74) is 11.8. The van der Waals surface area contributed by atoms with Crippen LogP contribution >= 0.6 is 0 Å². The third-order valence-electron chi connectivity index (χ3n) is 15.2. The molecular formula is C67H90N4O2. The fraction of sp³-hybridized carbons (Fsp3) is 0.507. The molecule has 390 valence electrons. The highest BCUT2D eigenvalue weighted by molar-refractivity contribution is 5.81. The second-order valence-electron chi connectivity index (χ2n) is 21.1. The molecule has 6 rings (SSSR count). The number of aryl methyl sites for hydroxylation is 3.